The van der Waals surface area contributed by atoms with Crippen LogP contribution in [-0.4, -0.2) is 38.2 Å². The molecule has 0 unspecified atom stereocenters. The van der Waals surface area contributed by atoms with Gasteiger partial charge in [-0.3, -0.25) is 14.5 Å². The van der Waals surface area contributed by atoms with Gasteiger partial charge >= 0.3 is 0 Å². The number of halogens is 2. The van der Waals surface area contributed by atoms with Crippen molar-refractivity contribution in [2.45, 2.75) is 0 Å². The summed E-state index contributed by atoms with van der Waals surface area (Å²) < 4.78 is 0. The lowest BCUT2D eigenvalue weighted by Crippen LogP contribution is -2.40. The molecule has 1 aromatic heterocycles. The monoisotopic (exact) mass is 399 g/mol. The van der Waals surface area contributed by atoms with Crippen molar-refractivity contribution in [2.75, 3.05) is 11.9 Å². The molecule has 0 atom stereocenters. The highest BCUT2D eigenvalue weighted by Crippen LogP contribution is 2.35. The maximum absolute atomic E-state index is 12.7. The molecule has 0 aliphatic carbocycles. The molecule has 1 aliphatic heterocycles. The molecule has 4 rings (SSSR count). The van der Waals surface area contributed by atoms with Gasteiger partial charge in [0.25, 0.3) is 11.8 Å². The number of benzene rings is 2. The SMILES string of the molecule is C=CCN1C(=O)c2cccc3c(Nc4nc(Cl)nc(Cl)n4)ccc(c23)C1=O. The van der Waals surface area contributed by atoms with Crippen LogP contribution in [0.2, 0.25) is 10.6 Å². The molecule has 0 radical (unpaired) electrons. The van der Waals surface area contributed by atoms with E-state index in [1.165, 1.54) is 11.0 Å². The molecular weight excluding hydrogens is 389 g/mol. The maximum Gasteiger partial charge on any atom is 0.261 e. The van der Waals surface area contributed by atoms with Crippen molar-refractivity contribution in [1.29, 1.82) is 0 Å². The van der Waals surface area contributed by atoms with Crippen LogP contribution in [0.3, 0.4) is 0 Å². The summed E-state index contributed by atoms with van der Waals surface area (Å²) in [6.45, 7) is 3.76. The third-order valence-corrected chi connectivity index (χ3v) is 4.47. The minimum atomic E-state index is -0.360. The minimum absolute atomic E-state index is 0.0503. The Balaban J connectivity index is 1.87. The van der Waals surface area contributed by atoms with Gasteiger partial charge in [0.15, 0.2) is 0 Å². The largest absolute Gasteiger partial charge is 0.323 e. The Morgan fingerprint density at radius 2 is 1.67 bits per heavy atom. The fourth-order valence-electron chi connectivity index (χ4n) is 3.05. The Morgan fingerprint density at radius 3 is 2.33 bits per heavy atom. The summed E-state index contributed by atoms with van der Waals surface area (Å²) >= 11 is 11.6. The van der Waals surface area contributed by atoms with Crippen LogP contribution in [-0.2, 0) is 0 Å². The second kappa shape index (κ2) is 6.61. The summed E-state index contributed by atoms with van der Waals surface area (Å²) in [6, 6.07) is 8.62. The molecule has 27 heavy (non-hydrogen) atoms. The second-order valence-electron chi connectivity index (χ2n) is 5.72. The molecular formula is C18H11Cl2N5O2. The highest BCUT2D eigenvalue weighted by Gasteiger charge is 2.32. The third-order valence-electron chi connectivity index (χ3n) is 4.13. The van der Waals surface area contributed by atoms with Gasteiger partial charge in [-0.05, 0) is 41.4 Å². The average Bonchev–Trinajstić information content (AvgIpc) is 2.63. The number of hydrogen-bond acceptors (Lipinski definition) is 6. The van der Waals surface area contributed by atoms with Gasteiger partial charge in [0.05, 0.1) is 0 Å². The van der Waals surface area contributed by atoms with Crippen molar-refractivity contribution in [3.8, 4) is 0 Å². The number of aromatic nitrogens is 3. The molecule has 0 saturated heterocycles. The van der Waals surface area contributed by atoms with Gasteiger partial charge in [-0.25, -0.2) is 0 Å². The van der Waals surface area contributed by atoms with Crippen LogP contribution in [0.5, 0.6) is 0 Å². The molecule has 0 fully saturated rings. The summed E-state index contributed by atoms with van der Waals surface area (Å²) in [6.07, 6.45) is 1.52. The number of carbonyl (C=O) groups excluding carboxylic acids is 2. The van der Waals surface area contributed by atoms with E-state index in [-0.39, 0.29) is 34.9 Å². The molecule has 9 heteroatoms. The number of hydrogen-bond donors (Lipinski definition) is 1. The van der Waals surface area contributed by atoms with E-state index in [2.05, 4.69) is 26.8 Å². The molecule has 0 saturated carbocycles. The number of amides is 2. The Morgan fingerprint density at radius 1 is 1.00 bits per heavy atom. The highest BCUT2D eigenvalue weighted by atomic mass is 35.5. The molecule has 0 spiro atoms. The zero-order valence-corrected chi connectivity index (χ0v) is 15.3. The van der Waals surface area contributed by atoms with Crippen LogP contribution in [0.4, 0.5) is 11.6 Å². The minimum Gasteiger partial charge on any atom is -0.323 e. The van der Waals surface area contributed by atoms with Gasteiger partial charge < -0.3 is 5.32 Å². The smallest absolute Gasteiger partial charge is 0.261 e. The Hall–Kier alpha value is -3.03. The first-order valence-corrected chi connectivity index (χ1v) is 8.62. The van der Waals surface area contributed by atoms with E-state index in [9.17, 15) is 9.59 Å². The van der Waals surface area contributed by atoms with E-state index in [0.717, 1.165) is 0 Å². The second-order valence-corrected chi connectivity index (χ2v) is 6.40. The molecule has 0 bridgehead atoms. The molecule has 134 valence electrons. The highest BCUT2D eigenvalue weighted by molar-refractivity contribution is 6.31. The Bertz CT molecular complexity index is 1090. The number of rotatable bonds is 4. The van der Waals surface area contributed by atoms with Gasteiger partial charge in [0.1, 0.15) is 0 Å². The lowest BCUT2D eigenvalue weighted by molar-refractivity contribution is 0.0629. The summed E-state index contributed by atoms with van der Waals surface area (Å²) in [5, 5.41) is 4.16. The van der Waals surface area contributed by atoms with Gasteiger partial charge in [-0.15, -0.1) is 6.58 Å². The van der Waals surface area contributed by atoms with Crippen molar-refractivity contribution in [2.24, 2.45) is 0 Å². The summed E-state index contributed by atoms with van der Waals surface area (Å²) in [5.41, 5.74) is 1.49. The molecule has 1 N–H and O–H groups in total. The van der Waals surface area contributed by atoms with Crippen molar-refractivity contribution in [3.63, 3.8) is 0 Å². The average molecular weight is 400 g/mol. The van der Waals surface area contributed by atoms with Crippen LogP contribution in [0.15, 0.2) is 43.0 Å². The molecule has 2 aromatic carbocycles. The van der Waals surface area contributed by atoms with Gasteiger partial charge in [-0.2, -0.15) is 15.0 Å². The molecule has 7 nitrogen and oxygen atoms in total. The van der Waals surface area contributed by atoms with E-state index in [4.69, 9.17) is 23.2 Å². The van der Waals surface area contributed by atoms with E-state index in [1.54, 1.807) is 30.3 Å². The van der Waals surface area contributed by atoms with Crippen LogP contribution in [0, 0.1) is 0 Å². The number of imide groups is 1. The van der Waals surface area contributed by atoms with Crippen LogP contribution < -0.4 is 5.32 Å². The normalized spacial score (nSPS) is 13.2. The Kier molecular flexibility index (Phi) is 4.25. The number of nitrogens with zero attached hydrogens (tertiary/aromatic N) is 4. The van der Waals surface area contributed by atoms with Crippen LogP contribution >= 0.6 is 23.2 Å². The van der Waals surface area contributed by atoms with Gasteiger partial charge in [0, 0.05) is 34.1 Å². The maximum atomic E-state index is 12.7. The van der Waals surface area contributed by atoms with Gasteiger partial charge in [-0.1, -0.05) is 18.2 Å². The van der Waals surface area contributed by atoms with Crippen molar-refractivity contribution >= 4 is 57.4 Å². The first kappa shape index (κ1) is 17.4. The summed E-state index contributed by atoms with van der Waals surface area (Å²) in [7, 11) is 0. The lowest BCUT2D eigenvalue weighted by atomic mass is 9.93. The molecule has 2 heterocycles. The molecule has 1 aliphatic rings. The zero-order valence-electron chi connectivity index (χ0n) is 13.7. The summed E-state index contributed by atoms with van der Waals surface area (Å²) in [4.78, 5) is 38.3. The van der Waals surface area contributed by atoms with E-state index < -0.39 is 0 Å². The molecule has 3 aromatic rings. The van der Waals surface area contributed by atoms with E-state index in [1.807, 2.05) is 0 Å². The van der Waals surface area contributed by atoms with Crippen molar-refractivity contribution < 1.29 is 9.59 Å². The topological polar surface area (TPSA) is 88.1 Å². The predicted octanol–water partition coefficient (Wildman–Crippen LogP) is 3.86. The summed E-state index contributed by atoms with van der Waals surface area (Å²) in [5.74, 6) is -0.565. The first-order chi connectivity index (χ1) is 13.0. The fraction of sp³-hybridized carbons (Fsp3) is 0.0556. The standard InChI is InChI=1S/C18H11Cl2N5O2/c1-2-8-25-14(26)10-5-3-4-9-12(7-6-11(13(9)10)15(25)27)21-18-23-16(19)22-17(20)24-18/h2-7H,1,8H2,(H,21,22,23,24). The predicted molar refractivity (Wildman–Crippen MR) is 103 cm³/mol. The molecule has 2 amide bonds. The Labute approximate surface area is 163 Å². The number of anilines is 2. The third kappa shape index (κ3) is 2.90. The van der Waals surface area contributed by atoms with E-state index >= 15 is 0 Å². The zero-order chi connectivity index (χ0) is 19.1. The van der Waals surface area contributed by atoms with Crippen molar-refractivity contribution in [3.05, 3.63) is 64.7 Å². The van der Waals surface area contributed by atoms with Crippen molar-refractivity contribution in [1.82, 2.24) is 19.9 Å². The van der Waals surface area contributed by atoms with E-state index in [0.29, 0.717) is 27.6 Å². The first-order valence-electron chi connectivity index (χ1n) is 7.86. The van der Waals surface area contributed by atoms with Gasteiger partial charge in [0.2, 0.25) is 16.5 Å². The quantitative estimate of drug-likeness (QED) is 0.529. The number of nitrogens with one attached hydrogen (secondary N) is 1. The van der Waals surface area contributed by atoms with Crippen LogP contribution in [0.25, 0.3) is 10.8 Å². The number of carbonyl (C=O) groups is 2. The fourth-order valence-corrected chi connectivity index (χ4v) is 3.42. The lowest BCUT2D eigenvalue weighted by Gasteiger charge is -2.26. The van der Waals surface area contributed by atoms with Crippen LogP contribution in [0.1, 0.15) is 20.7 Å².